The Hall–Kier alpha value is -1.91. The second-order valence-corrected chi connectivity index (χ2v) is 3.73. The van der Waals surface area contributed by atoms with E-state index in [1.807, 2.05) is 13.8 Å². The molecule has 16 heavy (non-hydrogen) atoms. The maximum Gasteiger partial charge on any atom is 0.256 e. The van der Waals surface area contributed by atoms with Gasteiger partial charge in [-0.3, -0.25) is 4.79 Å². The Balaban J connectivity index is 2.30. The standard InChI is InChI=1S/C11H14N4O/c1-3-8(2)14-11(16)9-7-13-15-6-4-5-12-10(9)15/h4-8H,3H2,1-2H3,(H,14,16)/t8-/m1/s1. The number of aromatic nitrogens is 3. The Morgan fingerprint density at radius 2 is 2.44 bits per heavy atom. The van der Waals surface area contributed by atoms with E-state index >= 15 is 0 Å². The third-order valence-electron chi connectivity index (χ3n) is 2.51. The predicted molar refractivity (Wildman–Crippen MR) is 60.2 cm³/mol. The predicted octanol–water partition coefficient (Wildman–Crippen LogP) is 1.26. The van der Waals surface area contributed by atoms with Gasteiger partial charge in [-0.05, 0) is 19.4 Å². The van der Waals surface area contributed by atoms with Gasteiger partial charge < -0.3 is 5.32 Å². The molecule has 84 valence electrons. The molecule has 0 aliphatic rings. The number of amides is 1. The van der Waals surface area contributed by atoms with Crippen molar-refractivity contribution in [1.29, 1.82) is 0 Å². The summed E-state index contributed by atoms with van der Waals surface area (Å²) >= 11 is 0. The Labute approximate surface area is 93.5 Å². The number of fused-ring (bicyclic) bond motifs is 1. The van der Waals surface area contributed by atoms with E-state index in [2.05, 4.69) is 15.4 Å². The molecule has 0 unspecified atom stereocenters. The summed E-state index contributed by atoms with van der Waals surface area (Å²) in [6, 6.07) is 1.93. The third-order valence-corrected chi connectivity index (χ3v) is 2.51. The van der Waals surface area contributed by atoms with Crippen molar-refractivity contribution in [2.45, 2.75) is 26.3 Å². The summed E-state index contributed by atoms with van der Waals surface area (Å²) in [5.41, 5.74) is 1.10. The van der Waals surface area contributed by atoms with Crippen molar-refractivity contribution in [3.8, 4) is 0 Å². The Kier molecular flexibility index (Phi) is 2.85. The molecule has 0 aliphatic heterocycles. The fourth-order valence-corrected chi connectivity index (χ4v) is 1.39. The van der Waals surface area contributed by atoms with Crippen molar-refractivity contribution >= 4 is 11.6 Å². The van der Waals surface area contributed by atoms with Crippen LogP contribution in [-0.2, 0) is 0 Å². The molecule has 0 radical (unpaired) electrons. The Morgan fingerprint density at radius 1 is 1.62 bits per heavy atom. The van der Waals surface area contributed by atoms with Gasteiger partial charge in [-0.15, -0.1) is 0 Å². The minimum atomic E-state index is -0.122. The molecular weight excluding hydrogens is 204 g/mol. The molecule has 2 rings (SSSR count). The van der Waals surface area contributed by atoms with Crippen molar-refractivity contribution in [3.63, 3.8) is 0 Å². The zero-order chi connectivity index (χ0) is 11.5. The monoisotopic (exact) mass is 218 g/mol. The highest BCUT2D eigenvalue weighted by molar-refractivity contribution is 5.99. The zero-order valence-corrected chi connectivity index (χ0v) is 9.34. The van der Waals surface area contributed by atoms with Crippen molar-refractivity contribution in [1.82, 2.24) is 19.9 Å². The highest BCUT2D eigenvalue weighted by Crippen LogP contribution is 2.07. The topological polar surface area (TPSA) is 59.3 Å². The Morgan fingerprint density at radius 3 is 3.19 bits per heavy atom. The average Bonchev–Trinajstić information content (AvgIpc) is 2.72. The van der Waals surface area contributed by atoms with E-state index in [1.165, 1.54) is 0 Å². The lowest BCUT2D eigenvalue weighted by molar-refractivity contribution is 0.0940. The molecule has 5 nitrogen and oxygen atoms in total. The van der Waals surface area contributed by atoms with E-state index in [-0.39, 0.29) is 11.9 Å². The first-order chi connectivity index (χ1) is 7.72. The summed E-state index contributed by atoms with van der Waals surface area (Å²) in [4.78, 5) is 16.0. The molecule has 0 fully saturated rings. The summed E-state index contributed by atoms with van der Waals surface area (Å²) in [6.07, 6.45) is 5.86. The van der Waals surface area contributed by atoms with E-state index in [1.54, 1.807) is 29.2 Å². The normalized spacial score (nSPS) is 12.6. The number of nitrogens with one attached hydrogen (secondary N) is 1. The number of carbonyl (C=O) groups excluding carboxylic acids is 1. The summed E-state index contributed by atoms with van der Waals surface area (Å²) in [5.74, 6) is -0.122. The molecular formula is C11H14N4O. The summed E-state index contributed by atoms with van der Waals surface area (Å²) in [6.45, 7) is 4.00. The maximum absolute atomic E-state index is 11.9. The van der Waals surface area contributed by atoms with Crippen LogP contribution in [0.15, 0.2) is 24.7 Å². The lowest BCUT2D eigenvalue weighted by atomic mass is 10.2. The molecule has 2 aromatic heterocycles. The number of nitrogens with zero attached hydrogens (tertiary/aromatic N) is 3. The van der Waals surface area contributed by atoms with Crippen molar-refractivity contribution in [2.75, 3.05) is 0 Å². The van der Waals surface area contributed by atoms with Crippen LogP contribution in [0, 0.1) is 0 Å². The van der Waals surface area contributed by atoms with Crippen LogP contribution in [0.25, 0.3) is 5.65 Å². The first-order valence-corrected chi connectivity index (χ1v) is 5.31. The molecule has 2 heterocycles. The zero-order valence-electron chi connectivity index (χ0n) is 9.34. The molecule has 5 heteroatoms. The van der Waals surface area contributed by atoms with Gasteiger partial charge in [-0.1, -0.05) is 6.92 Å². The van der Waals surface area contributed by atoms with Crippen LogP contribution in [0.1, 0.15) is 30.6 Å². The molecule has 0 aromatic carbocycles. The largest absolute Gasteiger partial charge is 0.349 e. The lowest BCUT2D eigenvalue weighted by Gasteiger charge is -2.09. The molecule has 0 saturated carbocycles. The third kappa shape index (κ3) is 1.88. The minimum absolute atomic E-state index is 0.122. The van der Waals surface area contributed by atoms with Gasteiger partial charge in [0.15, 0.2) is 5.65 Å². The summed E-state index contributed by atoms with van der Waals surface area (Å²) < 4.78 is 1.59. The molecule has 1 N–H and O–H groups in total. The second kappa shape index (κ2) is 4.30. The molecule has 2 aromatic rings. The fraction of sp³-hybridized carbons (Fsp3) is 0.364. The fourth-order valence-electron chi connectivity index (χ4n) is 1.39. The maximum atomic E-state index is 11.9. The number of carbonyl (C=O) groups is 1. The van der Waals surface area contributed by atoms with Crippen LogP contribution in [0.2, 0.25) is 0 Å². The number of hydrogen-bond donors (Lipinski definition) is 1. The van der Waals surface area contributed by atoms with Crippen LogP contribution >= 0.6 is 0 Å². The van der Waals surface area contributed by atoms with Crippen molar-refractivity contribution in [2.24, 2.45) is 0 Å². The first kappa shape index (κ1) is 10.6. The van der Waals surface area contributed by atoms with E-state index in [9.17, 15) is 4.79 Å². The van der Waals surface area contributed by atoms with E-state index in [0.29, 0.717) is 11.2 Å². The van der Waals surface area contributed by atoms with Crippen LogP contribution in [0.3, 0.4) is 0 Å². The van der Waals surface area contributed by atoms with E-state index in [0.717, 1.165) is 6.42 Å². The number of hydrogen-bond acceptors (Lipinski definition) is 3. The summed E-state index contributed by atoms with van der Waals surface area (Å²) in [5, 5.41) is 6.96. The molecule has 0 saturated heterocycles. The van der Waals surface area contributed by atoms with Gasteiger partial charge in [0.1, 0.15) is 5.56 Å². The van der Waals surface area contributed by atoms with Gasteiger partial charge in [0.25, 0.3) is 5.91 Å². The highest BCUT2D eigenvalue weighted by Gasteiger charge is 2.14. The lowest BCUT2D eigenvalue weighted by Crippen LogP contribution is -2.31. The van der Waals surface area contributed by atoms with Gasteiger partial charge in [-0.2, -0.15) is 5.10 Å². The van der Waals surface area contributed by atoms with Gasteiger partial charge in [0.2, 0.25) is 0 Å². The van der Waals surface area contributed by atoms with Crippen LogP contribution in [0.4, 0.5) is 0 Å². The first-order valence-electron chi connectivity index (χ1n) is 5.31. The SMILES string of the molecule is CC[C@@H](C)NC(=O)c1cnn2cccnc12. The molecule has 1 amide bonds. The van der Waals surface area contributed by atoms with Gasteiger partial charge >= 0.3 is 0 Å². The quantitative estimate of drug-likeness (QED) is 0.843. The Bertz CT molecular complexity index is 505. The average molecular weight is 218 g/mol. The van der Waals surface area contributed by atoms with Crippen molar-refractivity contribution < 1.29 is 4.79 Å². The van der Waals surface area contributed by atoms with E-state index < -0.39 is 0 Å². The van der Waals surface area contributed by atoms with Crippen LogP contribution < -0.4 is 5.32 Å². The smallest absolute Gasteiger partial charge is 0.256 e. The molecule has 0 aliphatic carbocycles. The molecule has 0 spiro atoms. The van der Waals surface area contributed by atoms with Gasteiger partial charge in [0, 0.05) is 18.4 Å². The van der Waals surface area contributed by atoms with Crippen LogP contribution in [-0.4, -0.2) is 26.5 Å². The van der Waals surface area contributed by atoms with Crippen molar-refractivity contribution in [3.05, 3.63) is 30.2 Å². The van der Waals surface area contributed by atoms with Gasteiger partial charge in [-0.25, -0.2) is 9.50 Å². The minimum Gasteiger partial charge on any atom is -0.349 e. The van der Waals surface area contributed by atoms with Gasteiger partial charge in [0.05, 0.1) is 6.20 Å². The molecule has 1 atom stereocenters. The van der Waals surface area contributed by atoms with Crippen LogP contribution in [0.5, 0.6) is 0 Å². The summed E-state index contributed by atoms with van der Waals surface area (Å²) in [7, 11) is 0. The highest BCUT2D eigenvalue weighted by atomic mass is 16.1. The van der Waals surface area contributed by atoms with E-state index in [4.69, 9.17) is 0 Å². The molecule has 0 bridgehead atoms. The second-order valence-electron chi connectivity index (χ2n) is 3.73. The number of rotatable bonds is 3.